The Morgan fingerprint density at radius 2 is 1.63 bits per heavy atom. The van der Waals surface area contributed by atoms with Gasteiger partial charge in [-0.05, 0) is 60.7 Å². The van der Waals surface area contributed by atoms with Crippen molar-refractivity contribution >= 4 is 17.5 Å². The number of rotatable bonds is 9. The van der Waals surface area contributed by atoms with Crippen LogP contribution in [-0.4, -0.2) is 19.1 Å². The molecular weight excluding hydrogens is 362 g/mol. The van der Waals surface area contributed by atoms with E-state index in [1.165, 1.54) is 0 Å². The molecule has 0 spiro atoms. The van der Waals surface area contributed by atoms with Crippen LogP contribution in [0.25, 0.3) is 0 Å². The summed E-state index contributed by atoms with van der Waals surface area (Å²) < 4.78 is 11.1. The van der Waals surface area contributed by atoms with E-state index < -0.39 is 6.10 Å². The molecule has 0 saturated carbocycles. The first-order valence-corrected chi connectivity index (χ1v) is 9.67. The molecule has 146 valence electrons. The Balaban J connectivity index is 2.10. The van der Waals surface area contributed by atoms with Gasteiger partial charge in [-0.2, -0.15) is 0 Å². The maximum absolute atomic E-state index is 12.8. The number of nitrogens with one attached hydrogen (secondary N) is 1. The second kappa shape index (κ2) is 10.2. The van der Waals surface area contributed by atoms with Gasteiger partial charge in [-0.1, -0.05) is 44.5 Å². The lowest BCUT2D eigenvalue weighted by molar-refractivity contribution is -0.129. The van der Waals surface area contributed by atoms with Gasteiger partial charge in [0.15, 0.2) is 6.10 Å². The fourth-order valence-corrected chi connectivity index (χ4v) is 2.98. The number of amides is 1. The van der Waals surface area contributed by atoms with Crippen molar-refractivity contribution in [3.63, 3.8) is 0 Å². The van der Waals surface area contributed by atoms with Gasteiger partial charge >= 0.3 is 0 Å². The van der Waals surface area contributed by atoms with Crippen molar-refractivity contribution in [1.82, 2.24) is 5.32 Å². The van der Waals surface area contributed by atoms with Crippen LogP contribution in [0.4, 0.5) is 0 Å². The molecule has 0 fully saturated rings. The van der Waals surface area contributed by atoms with E-state index in [9.17, 15) is 4.79 Å². The van der Waals surface area contributed by atoms with Gasteiger partial charge in [0.2, 0.25) is 0 Å². The molecule has 0 aromatic heterocycles. The standard InChI is InChI=1S/C22H28ClNO3/c1-5-21(27-19-12-8-17(23)9-13-19)22(25)24-20(14-15(2)3)16-6-10-18(26-4)11-7-16/h6-13,15,20-21H,5,14H2,1-4H3,(H,24,25)/t20-,21-/m0/s1. The van der Waals surface area contributed by atoms with Gasteiger partial charge in [-0.3, -0.25) is 4.79 Å². The first-order valence-electron chi connectivity index (χ1n) is 9.29. The highest BCUT2D eigenvalue weighted by molar-refractivity contribution is 6.30. The zero-order valence-electron chi connectivity index (χ0n) is 16.4. The number of ether oxygens (including phenoxy) is 2. The summed E-state index contributed by atoms with van der Waals surface area (Å²) in [7, 11) is 1.64. The number of carbonyl (C=O) groups excluding carboxylic acids is 1. The number of hydrogen-bond donors (Lipinski definition) is 1. The van der Waals surface area contributed by atoms with Gasteiger partial charge in [-0.15, -0.1) is 0 Å². The lowest BCUT2D eigenvalue weighted by atomic mass is 9.96. The van der Waals surface area contributed by atoms with E-state index in [0.717, 1.165) is 17.7 Å². The summed E-state index contributed by atoms with van der Waals surface area (Å²) in [6.07, 6.45) is 0.861. The third-order valence-electron chi connectivity index (χ3n) is 4.30. The zero-order valence-corrected chi connectivity index (χ0v) is 17.1. The summed E-state index contributed by atoms with van der Waals surface area (Å²) in [4.78, 5) is 12.8. The average Bonchev–Trinajstić information content (AvgIpc) is 2.66. The van der Waals surface area contributed by atoms with Crippen LogP contribution in [-0.2, 0) is 4.79 Å². The van der Waals surface area contributed by atoms with E-state index >= 15 is 0 Å². The van der Waals surface area contributed by atoms with Crippen LogP contribution in [0.2, 0.25) is 5.02 Å². The molecule has 0 bridgehead atoms. The topological polar surface area (TPSA) is 47.6 Å². The monoisotopic (exact) mass is 389 g/mol. The van der Waals surface area contributed by atoms with Crippen molar-refractivity contribution in [1.29, 1.82) is 0 Å². The Morgan fingerprint density at radius 3 is 2.15 bits per heavy atom. The van der Waals surface area contributed by atoms with Gasteiger partial charge in [0.25, 0.3) is 5.91 Å². The predicted molar refractivity (Wildman–Crippen MR) is 109 cm³/mol. The van der Waals surface area contributed by atoms with Gasteiger partial charge < -0.3 is 14.8 Å². The molecule has 0 aliphatic rings. The van der Waals surface area contributed by atoms with Crippen LogP contribution < -0.4 is 14.8 Å². The maximum Gasteiger partial charge on any atom is 0.261 e. The summed E-state index contributed by atoms with van der Waals surface area (Å²) in [6, 6.07) is 14.8. The Hall–Kier alpha value is -2.20. The van der Waals surface area contributed by atoms with Crippen LogP contribution in [0.1, 0.15) is 45.2 Å². The molecule has 2 aromatic rings. The van der Waals surface area contributed by atoms with Crippen LogP contribution >= 0.6 is 11.6 Å². The number of methoxy groups -OCH3 is 1. The van der Waals surface area contributed by atoms with Gasteiger partial charge in [0, 0.05) is 5.02 Å². The van der Waals surface area contributed by atoms with Crippen LogP contribution in [0.15, 0.2) is 48.5 Å². The van der Waals surface area contributed by atoms with E-state index in [2.05, 4.69) is 19.2 Å². The number of hydrogen-bond acceptors (Lipinski definition) is 3. The van der Waals surface area contributed by atoms with Gasteiger partial charge in [0.1, 0.15) is 11.5 Å². The second-order valence-corrected chi connectivity index (χ2v) is 7.37. The number of benzene rings is 2. The third-order valence-corrected chi connectivity index (χ3v) is 4.55. The molecule has 0 unspecified atom stereocenters. The number of halogens is 1. The Bertz CT molecular complexity index is 713. The molecule has 4 nitrogen and oxygen atoms in total. The molecule has 27 heavy (non-hydrogen) atoms. The van der Waals surface area contributed by atoms with Crippen molar-refractivity contribution in [2.45, 2.75) is 45.8 Å². The van der Waals surface area contributed by atoms with Crippen LogP contribution in [0.5, 0.6) is 11.5 Å². The molecule has 2 rings (SSSR count). The summed E-state index contributed by atoms with van der Waals surface area (Å²) in [5.41, 5.74) is 1.05. The first kappa shape index (κ1) is 21.1. The highest BCUT2D eigenvalue weighted by Crippen LogP contribution is 2.24. The average molecular weight is 390 g/mol. The smallest absolute Gasteiger partial charge is 0.261 e. The molecule has 0 radical (unpaired) electrons. The van der Waals surface area contributed by atoms with Crippen LogP contribution in [0, 0.1) is 5.92 Å². The lowest BCUT2D eigenvalue weighted by Crippen LogP contribution is -2.40. The fraction of sp³-hybridized carbons (Fsp3) is 0.409. The summed E-state index contributed by atoms with van der Waals surface area (Å²) in [6.45, 7) is 6.22. The maximum atomic E-state index is 12.8. The molecule has 5 heteroatoms. The zero-order chi connectivity index (χ0) is 19.8. The van der Waals surface area contributed by atoms with Crippen molar-refractivity contribution in [2.75, 3.05) is 7.11 Å². The molecule has 0 heterocycles. The minimum Gasteiger partial charge on any atom is -0.497 e. The SMILES string of the molecule is CC[C@H](Oc1ccc(Cl)cc1)C(=O)N[C@@H](CC(C)C)c1ccc(OC)cc1. The molecule has 1 amide bonds. The van der Waals surface area contributed by atoms with E-state index in [4.69, 9.17) is 21.1 Å². The molecule has 2 atom stereocenters. The molecule has 1 N–H and O–H groups in total. The predicted octanol–water partition coefficient (Wildman–Crippen LogP) is 5.41. The minimum atomic E-state index is -0.556. The molecular formula is C22H28ClNO3. The highest BCUT2D eigenvalue weighted by Gasteiger charge is 2.23. The number of carbonyl (C=O) groups is 1. The van der Waals surface area contributed by atoms with Crippen LogP contribution in [0.3, 0.4) is 0 Å². The summed E-state index contributed by atoms with van der Waals surface area (Å²) >= 11 is 5.91. The largest absolute Gasteiger partial charge is 0.497 e. The normalized spacial score (nSPS) is 13.1. The van der Waals surface area contributed by atoms with Crippen molar-refractivity contribution < 1.29 is 14.3 Å². The first-order chi connectivity index (χ1) is 12.9. The van der Waals surface area contributed by atoms with Crippen molar-refractivity contribution in [3.05, 3.63) is 59.1 Å². The van der Waals surface area contributed by atoms with E-state index in [0.29, 0.717) is 23.1 Å². The van der Waals surface area contributed by atoms with E-state index in [-0.39, 0.29) is 11.9 Å². The quantitative estimate of drug-likeness (QED) is 0.623. The molecule has 0 saturated heterocycles. The summed E-state index contributed by atoms with van der Waals surface area (Å²) in [5.74, 6) is 1.75. The highest BCUT2D eigenvalue weighted by atomic mass is 35.5. The Kier molecular flexibility index (Phi) is 7.99. The van der Waals surface area contributed by atoms with Gasteiger partial charge in [-0.25, -0.2) is 0 Å². The third kappa shape index (κ3) is 6.47. The van der Waals surface area contributed by atoms with Crippen molar-refractivity contribution in [3.8, 4) is 11.5 Å². The Morgan fingerprint density at radius 1 is 1.04 bits per heavy atom. The summed E-state index contributed by atoms with van der Waals surface area (Å²) in [5, 5.41) is 3.79. The minimum absolute atomic E-state index is 0.0775. The fourth-order valence-electron chi connectivity index (χ4n) is 2.85. The lowest BCUT2D eigenvalue weighted by Gasteiger charge is -2.24. The second-order valence-electron chi connectivity index (χ2n) is 6.93. The molecule has 0 aliphatic heterocycles. The Labute approximate surface area is 166 Å². The molecule has 2 aromatic carbocycles. The molecule has 0 aliphatic carbocycles. The van der Waals surface area contributed by atoms with E-state index in [1.54, 1.807) is 31.4 Å². The van der Waals surface area contributed by atoms with E-state index in [1.807, 2.05) is 31.2 Å². The van der Waals surface area contributed by atoms with Gasteiger partial charge in [0.05, 0.1) is 13.2 Å². The van der Waals surface area contributed by atoms with Crippen molar-refractivity contribution in [2.24, 2.45) is 5.92 Å².